The fourth-order valence-corrected chi connectivity index (χ4v) is 6.64. The Balaban J connectivity index is 1.68. The lowest BCUT2D eigenvalue weighted by Crippen LogP contribution is -2.59. The predicted octanol–water partition coefficient (Wildman–Crippen LogP) is 6.13. The Hall–Kier alpha value is -3.02. The van der Waals surface area contributed by atoms with E-state index in [1.165, 1.54) is 24.1 Å². The third-order valence-corrected chi connectivity index (χ3v) is 9.41. The van der Waals surface area contributed by atoms with Crippen molar-refractivity contribution in [1.29, 1.82) is 0 Å². The molecule has 1 N–H and O–H groups in total. The van der Waals surface area contributed by atoms with Crippen molar-refractivity contribution in [2.75, 3.05) is 40.3 Å². The van der Waals surface area contributed by atoms with Gasteiger partial charge in [-0.25, -0.2) is 4.79 Å². The zero-order valence-corrected chi connectivity index (χ0v) is 27.6. The van der Waals surface area contributed by atoms with Crippen LogP contribution in [0.1, 0.15) is 56.7 Å². The van der Waals surface area contributed by atoms with Crippen LogP contribution < -0.4 is 5.32 Å². The van der Waals surface area contributed by atoms with Gasteiger partial charge in [-0.1, -0.05) is 53.5 Å². The van der Waals surface area contributed by atoms with Gasteiger partial charge in [0.15, 0.2) is 0 Å². The van der Waals surface area contributed by atoms with Crippen LogP contribution in [0.5, 0.6) is 0 Å². The first-order valence-corrected chi connectivity index (χ1v) is 15.5. The molecule has 1 saturated heterocycles. The molecule has 2 aromatic carbocycles. The van der Waals surface area contributed by atoms with E-state index in [0.717, 1.165) is 18.2 Å². The normalized spacial score (nSPS) is 18.0. The maximum atomic E-state index is 13.6. The number of nitrogens with zero attached hydrogens (tertiary/aromatic N) is 3. The van der Waals surface area contributed by atoms with Crippen LogP contribution in [0.15, 0.2) is 42.5 Å². The zero-order chi connectivity index (χ0) is 33.4. The minimum absolute atomic E-state index is 0.0304. The highest BCUT2D eigenvalue weighted by molar-refractivity contribution is 6.42. The van der Waals surface area contributed by atoms with Crippen molar-refractivity contribution in [1.82, 2.24) is 20.0 Å². The van der Waals surface area contributed by atoms with Gasteiger partial charge in [0.25, 0.3) is 0 Å². The van der Waals surface area contributed by atoms with E-state index < -0.39 is 41.4 Å². The lowest BCUT2D eigenvalue weighted by Gasteiger charge is -2.48. The molecule has 0 aliphatic carbocycles. The van der Waals surface area contributed by atoms with Crippen LogP contribution in [0, 0.1) is 0 Å². The van der Waals surface area contributed by atoms with E-state index >= 15 is 0 Å². The Morgan fingerprint density at radius 1 is 1.02 bits per heavy atom. The third-order valence-electron chi connectivity index (χ3n) is 8.67. The van der Waals surface area contributed by atoms with E-state index in [4.69, 9.17) is 27.9 Å². The molecular formula is C32H39Cl2F3N4O4. The number of amides is 3. The summed E-state index contributed by atoms with van der Waals surface area (Å²) in [4.78, 5) is 42.5. The fourth-order valence-electron chi connectivity index (χ4n) is 6.34. The Bertz CT molecular complexity index is 1440. The number of likely N-dealkylation sites (N-methyl/N-ethyl adjacent to an activating group) is 2. The highest BCUT2D eigenvalue weighted by atomic mass is 35.5. The van der Waals surface area contributed by atoms with E-state index in [1.807, 2.05) is 24.3 Å². The molecule has 2 aliphatic rings. The lowest BCUT2D eigenvalue weighted by atomic mass is 9.75. The number of hydrogen-bond donors (Lipinski definition) is 1. The van der Waals surface area contributed by atoms with Gasteiger partial charge in [-0.2, -0.15) is 13.2 Å². The summed E-state index contributed by atoms with van der Waals surface area (Å²) >= 11 is 12.6. The van der Waals surface area contributed by atoms with Crippen molar-refractivity contribution in [2.24, 2.45) is 0 Å². The molecule has 45 heavy (non-hydrogen) atoms. The molecule has 1 spiro atoms. The molecule has 1 fully saturated rings. The summed E-state index contributed by atoms with van der Waals surface area (Å²) in [5.41, 5.74) is -0.391. The summed E-state index contributed by atoms with van der Waals surface area (Å²) in [5.74, 6) is -2.08. The number of halogens is 5. The summed E-state index contributed by atoms with van der Waals surface area (Å²) < 4.78 is 46.4. The third kappa shape index (κ3) is 7.69. The summed E-state index contributed by atoms with van der Waals surface area (Å²) in [6, 6.07) is 12.5. The Morgan fingerprint density at radius 3 is 2.27 bits per heavy atom. The van der Waals surface area contributed by atoms with Crippen LogP contribution in [-0.4, -0.2) is 84.7 Å². The number of fused-ring (bicyclic) bond motifs is 2. The number of likely N-dealkylation sites (tertiary alicyclic amines) is 1. The van der Waals surface area contributed by atoms with E-state index in [-0.39, 0.29) is 22.4 Å². The summed E-state index contributed by atoms with van der Waals surface area (Å²) in [6.45, 7) is 6.08. The second-order valence-corrected chi connectivity index (χ2v) is 13.7. The number of alkyl halides is 3. The lowest BCUT2D eigenvalue weighted by molar-refractivity contribution is -0.185. The number of ether oxygens (including phenoxy) is 1. The van der Waals surface area contributed by atoms with Crippen molar-refractivity contribution >= 4 is 41.1 Å². The van der Waals surface area contributed by atoms with Gasteiger partial charge in [0, 0.05) is 40.3 Å². The van der Waals surface area contributed by atoms with Crippen molar-refractivity contribution in [3.63, 3.8) is 0 Å². The van der Waals surface area contributed by atoms with Crippen LogP contribution in [0.2, 0.25) is 10.0 Å². The number of hydrogen-bond acceptors (Lipinski definition) is 5. The quantitative estimate of drug-likeness (QED) is 0.383. The molecule has 13 heteroatoms. The smallest absolute Gasteiger partial charge is 0.444 e. The largest absolute Gasteiger partial charge is 0.471 e. The molecule has 2 aliphatic heterocycles. The fraction of sp³-hybridized carbons (Fsp3) is 0.531. The van der Waals surface area contributed by atoms with Gasteiger partial charge in [-0.05, 0) is 68.9 Å². The average molecular weight is 672 g/mol. The van der Waals surface area contributed by atoms with Crippen molar-refractivity contribution in [2.45, 2.75) is 69.3 Å². The van der Waals surface area contributed by atoms with Crippen molar-refractivity contribution in [3.8, 4) is 0 Å². The van der Waals surface area contributed by atoms with Crippen LogP contribution in [0.25, 0.3) is 0 Å². The number of nitrogens with one attached hydrogen (secondary N) is 1. The van der Waals surface area contributed by atoms with Gasteiger partial charge >= 0.3 is 18.2 Å². The van der Waals surface area contributed by atoms with Gasteiger partial charge in [-0.15, -0.1) is 0 Å². The predicted molar refractivity (Wildman–Crippen MR) is 166 cm³/mol. The second kappa shape index (κ2) is 13.0. The van der Waals surface area contributed by atoms with Crippen LogP contribution in [-0.2, 0) is 31.8 Å². The maximum absolute atomic E-state index is 13.6. The van der Waals surface area contributed by atoms with Gasteiger partial charge < -0.3 is 19.9 Å². The summed E-state index contributed by atoms with van der Waals surface area (Å²) in [7, 11) is 2.50. The first-order chi connectivity index (χ1) is 20.9. The molecule has 0 saturated carbocycles. The maximum Gasteiger partial charge on any atom is 0.471 e. The van der Waals surface area contributed by atoms with E-state index in [1.54, 1.807) is 26.8 Å². The Labute approximate surface area is 271 Å². The van der Waals surface area contributed by atoms with Gasteiger partial charge in [0.1, 0.15) is 5.60 Å². The van der Waals surface area contributed by atoms with Crippen molar-refractivity contribution in [3.05, 3.63) is 69.2 Å². The molecule has 0 unspecified atom stereocenters. The van der Waals surface area contributed by atoms with Crippen molar-refractivity contribution < 1.29 is 32.3 Å². The molecule has 1 atom stereocenters. The molecule has 0 radical (unpaired) electrons. The molecule has 4 rings (SSSR count). The standard InChI is InChI=1S/C32H39Cl2F3N4O4/c1-29(2,3)45-28(44)40(5)31(20-39(4)27(43)32(35,36)37,22-10-11-24(33)25(34)19-22)14-17-41-15-12-30(13-16-41)23-9-7-6-8-21(23)18-26(42)38-30/h6-11,19H,12-18,20H2,1-5H3,(H,38,42)/t31-/m1/s1. The molecule has 246 valence electrons. The van der Waals surface area contributed by atoms with Crippen LogP contribution in [0.3, 0.4) is 0 Å². The van der Waals surface area contributed by atoms with Crippen LogP contribution in [0.4, 0.5) is 18.0 Å². The highest BCUT2D eigenvalue weighted by Gasteiger charge is 2.48. The van der Waals surface area contributed by atoms with Crippen LogP contribution >= 0.6 is 23.2 Å². The second-order valence-electron chi connectivity index (χ2n) is 12.9. The monoisotopic (exact) mass is 670 g/mol. The number of piperidine rings is 1. The minimum atomic E-state index is -5.12. The molecule has 0 bridgehead atoms. The number of benzene rings is 2. The summed E-state index contributed by atoms with van der Waals surface area (Å²) in [5, 5.41) is 3.59. The Kier molecular flexibility index (Phi) is 10.1. The number of rotatable bonds is 7. The first kappa shape index (κ1) is 34.8. The molecular weight excluding hydrogens is 632 g/mol. The van der Waals surface area contributed by atoms with Gasteiger partial charge in [0.2, 0.25) is 5.91 Å². The number of carbonyl (C=O) groups is 3. The molecule has 8 nitrogen and oxygen atoms in total. The highest BCUT2D eigenvalue weighted by Crippen LogP contribution is 2.40. The molecule has 2 aromatic rings. The SMILES string of the molecule is CN(C[C@](CCN1CCC2(CC1)NC(=O)Cc1ccccc12)(c1ccc(Cl)c(Cl)c1)N(C)C(=O)OC(C)(C)C)C(=O)C(F)(F)F. The first-order valence-electron chi connectivity index (χ1n) is 14.7. The Morgan fingerprint density at radius 2 is 1.67 bits per heavy atom. The van der Waals surface area contributed by atoms with E-state index in [2.05, 4.69) is 10.2 Å². The van der Waals surface area contributed by atoms with Gasteiger partial charge in [0.05, 0.1) is 27.5 Å². The minimum Gasteiger partial charge on any atom is -0.444 e. The molecule has 0 aromatic heterocycles. The van der Waals surface area contributed by atoms with Gasteiger partial charge in [-0.3, -0.25) is 14.5 Å². The van der Waals surface area contributed by atoms with E-state index in [9.17, 15) is 27.6 Å². The molecule has 2 heterocycles. The van der Waals surface area contributed by atoms with E-state index in [0.29, 0.717) is 49.4 Å². The zero-order valence-electron chi connectivity index (χ0n) is 26.1. The molecule has 3 amide bonds. The average Bonchev–Trinajstić information content (AvgIpc) is 2.95. The summed E-state index contributed by atoms with van der Waals surface area (Å²) in [6.07, 6.45) is -4.18. The topological polar surface area (TPSA) is 82.2 Å². The number of carbonyl (C=O) groups excluding carboxylic acids is 3.